The maximum atomic E-state index is 13.0. The first-order valence-corrected chi connectivity index (χ1v) is 16.0. The number of hydrogen-bond donors (Lipinski definition) is 1. The van der Waals surface area contributed by atoms with Crippen molar-refractivity contribution in [3.05, 3.63) is 103 Å². The molecule has 0 spiro atoms. The van der Waals surface area contributed by atoms with Crippen LogP contribution in [0.25, 0.3) is 11.4 Å². The molecule has 46 heavy (non-hydrogen) atoms. The third kappa shape index (κ3) is 6.10. The van der Waals surface area contributed by atoms with Gasteiger partial charge in [0.05, 0.1) is 57.1 Å². The summed E-state index contributed by atoms with van der Waals surface area (Å²) in [7, 11) is 0. The fraction of sp³-hybridized carbons (Fsp3) is 0.294. The predicted molar refractivity (Wildman–Crippen MR) is 179 cm³/mol. The van der Waals surface area contributed by atoms with Crippen LogP contribution in [0.4, 0.5) is 0 Å². The van der Waals surface area contributed by atoms with Crippen LogP contribution in [0.15, 0.2) is 48.5 Å². The van der Waals surface area contributed by atoms with Gasteiger partial charge in [-0.25, -0.2) is 0 Å². The summed E-state index contributed by atoms with van der Waals surface area (Å²) < 4.78 is 3.42. The van der Waals surface area contributed by atoms with Gasteiger partial charge in [0.1, 0.15) is 10.3 Å². The van der Waals surface area contributed by atoms with E-state index in [4.69, 9.17) is 56.9 Å². The molecule has 3 atom stereocenters. The number of nitrogens with zero attached hydrogens (tertiary/aromatic N) is 5. The Morgan fingerprint density at radius 3 is 1.63 bits per heavy atom. The van der Waals surface area contributed by atoms with Gasteiger partial charge < -0.3 is 14.2 Å². The summed E-state index contributed by atoms with van der Waals surface area (Å²) in [4.78, 5) is 26.7. The Morgan fingerprint density at radius 2 is 1.26 bits per heavy atom. The van der Waals surface area contributed by atoms with Crippen molar-refractivity contribution in [1.29, 1.82) is 10.5 Å². The van der Waals surface area contributed by atoms with Gasteiger partial charge in [-0.05, 0) is 88.6 Å². The molecule has 6 rings (SSSR count). The van der Waals surface area contributed by atoms with Crippen LogP contribution >= 0.6 is 46.4 Å². The van der Waals surface area contributed by atoms with E-state index in [9.17, 15) is 14.7 Å². The third-order valence-corrected chi connectivity index (χ3v) is 10.3. The van der Waals surface area contributed by atoms with Crippen LogP contribution in [0, 0.1) is 36.5 Å². The van der Waals surface area contributed by atoms with Crippen molar-refractivity contribution >= 4 is 58.0 Å². The van der Waals surface area contributed by atoms with Gasteiger partial charge in [0.2, 0.25) is 0 Å². The fourth-order valence-electron chi connectivity index (χ4n) is 6.52. The summed E-state index contributed by atoms with van der Waals surface area (Å²) in [6, 6.07) is 18.3. The van der Waals surface area contributed by atoms with Crippen LogP contribution in [-0.4, -0.2) is 55.4 Å². The predicted octanol–water partition coefficient (Wildman–Crippen LogP) is 7.91. The number of aliphatic hydroxyl groups excluding tert-OH is 1. The van der Waals surface area contributed by atoms with Gasteiger partial charge in [-0.15, -0.1) is 0 Å². The molecule has 2 saturated heterocycles. The minimum atomic E-state index is -0.347. The van der Waals surface area contributed by atoms with Crippen LogP contribution in [0.1, 0.15) is 69.4 Å². The summed E-state index contributed by atoms with van der Waals surface area (Å²) in [6.07, 6.45) is 2.34. The van der Waals surface area contributed by atoms with Gasteiger partial charge in [-0.3, -0.25) is 14.5 Å². The molecule has 2 aliphatic heterocycles. The highest BCUT2D eigenvalue weighted by Gasteiger charge is 2.46. The van der Waals surface area contributed by atoms with Gasteiger partial charge in [0.25, 0.3) is 0 Å². The molecule has 2 aromatic carbocycles. The number of nitriles is 2. The second-order valence-corrected chi connectivity index (χ2v) is 12.8. The first-order valence-electron chi connectivity index (χ1n) is 14.5. The molecule has 0 radical (unpaired) electrons. The highest BCUT2D eigenvalue weighted by molar-refractivity contribution is 6.44. The Labute approximate surface area is 286 Å². The van der Waals surface area contributed by atoms with E-state index in [1.165, 1.54) is 6.92 Å². The monoisotopic (exact) mass is 695 g/mol. The first kappa shape index (κ1) is 33.8. The van der Waals surface area contributed by atoms with Gasteiger partial charge in [-0.2, -0.15) is 10.5 Å². The standard InChI is InChI=1S/C20H19Cl2N3O2.C14H10Cl2N2O/c1-11-18(17(27)10-24-14-6-7-15(24)16(26)8-14)19(21)20(22)25(11)13-4-2-12(9-23)3-5-13;1-8-12(9(2)19)13(15)14(16)18(8)11-5-3-10(7-17)4-6-11/h2-5,14-16,26H,6-8,10H2,1H3;3-6H,1-2H3/t14?,15?,16-;/m0./s1. The minimum absolute atomic E-state index is 0.0640. The third-order valence-electron chi connectivity index (χ3n) is 8.70. The Kier molecular flexibility index (Phi) is 10.0. The summed E-state index contributed by atoms with van der Waals surface area (Å²) >= 11 is 25.2. The van der Waals surface area contributed by atoms with Crippen LogP contribution in [0.3, 0.4) is 0 Å². The second kappa shape index (κ2) is 13.6. The van der Waals surface area contributed by atoms with Crippen molar-refractivity contribution in [2.75, 3.05) is 6.54 Å². The number of halogens is 4. The molecule has 0 saturated carbocycles. The normalized spacial score (nSPS) is 18.5. The molecule has 1 N–H and O–H groups in total. The fourth-order valence-corrected chi connectivity index (χ4v) is 7.83. The van der Waals surface area contributed by atoms with Crippen LogP contribution in [0.5, 0.6) is 0 Å². The number of benzene rings is 2. The van der Waals surface area contributed by atoms with E-state index in [-0.39, 0.29) is 51.5 Å². The van der Waals surface area contributed by atoms with E-state index in [1.54, 1.807) is 64.6 Å². The molecular weight excluding hydrogens is 668 g/mol. The number of carbonyl (C=O) groups excluding carboxylic acids is 2. The summed E-state index contributed by atoms with van der Waals surface area (Å²) in [5.41, 5.74) is 4.82. The highest BCUT2D eigenvalue weighted by atomic mass is 35.5. The molecule has 2 aliphatic rings. The molecule has 236 valence electrons. The molecular formula is C34H29Cl4N5O3. The largest absolute Gasteiger partial charge is 0.391 e. The molecule has 2 unspecified atom stereocenters. The Balaban J connectivity index is 0.000000193. The molecule has 2 aromatic heterocycles. The lowest BCUT2D eigenvalue weighted by molar-refractivity contribution is 0.0873. The number of Topliss-reactive ketones (excluding diaryl/α,β-unsaturated/α-hetero) is 2. The Hall–Kier alpha value is -3.60. The number of carbonyl (C=O) groups is 2. The lowest BCUT2D eigenvalue weighted by atomic mass is 9.98. The Bertz CT molecular complexity index is 1920. The molecule has 0 amide bonds. The number of fused-ring (bicyclic) bond motifs is 2. The summed E-state index contributed by atoms with van der Waals surface area (Å²) in [5.74, 6) is -0.213. The average Bonchev–Trinajstić information content (AvgIpc) is 3.70. The smallest absolute Gasteiger partial charge is 0.180 e. The molecule has 4 aromatic rings. The number of hydrogen-bond acceptors (Lipinski definition) is 6. The van der Waals surface area contributed by atoms with E-state index in [0.717, 1.165) is 30.6 Å². The molecule has 12 heteroatoms. The lowest BCUT2D eigenvalue weighted by Gasteiger charge is -2.21. The second-order valence-electron chi connectivity index (χ2n) is 11.4. The zero-order valence-corrected chi connectivity index (χ0v) is 28.2. The molecule has 0 aliphatic carbocycles. The summed E-state index contributed by atoms with van der Waals surface area (Å²) in [6.45, 7) is 5.29. The van der Waals surface area contributed by atoms with Crippen LogP contribution in [0.2, 0.25) is 20.4 Å². The molecule has 2 bridgehead atoms. The van der Waals surface area contributed by atoms with E-state index < -0.39 is 0 Å². The first-order chi connectivity index (χ1) is 21.9. The zero-order chi connectivity index (χ0) is 33.4. The van der Waals surface area contributed by atoms with Crippen LogP contribution < -0.4 is 0 Å². The van der Waals surface area contributed by atoms with E-state index in [1.807, 2.05) is 13.0 Å². The van der Waals surface area contributed by atoms with Crippen LogP contribution in [-0.2, 0) is 0 Å². The van der Waals surface area contributed by atoms with E-state index in [0.29, 0.717) is 38.8 Å². The average molecular weight is 697 g/mol. The zero-order valence-electron chi connectivity index (χ0n) is 25.2. The lowest BCUT2D eigenvalue weighted by Crippen LogP contribution is -2.36. The van der Waals surface area contributed by atoms with Crippen molar-refractivity contribution in [3.63, 3.8) is 0 Å². The van der Waals surface area contributed by atoms with E-state index >= 15 is 0 Å². The number of aliphatic hydroxyl groups is 1. The quantitative estimate of drug-likeness (QED) is 0.205. The topological polar surface area (TPSA) is 115 Å². The van der Waals surface area contributed by atoms with Gasteiger partial charge in [0.15, 0.2) is 11.6 Å². The molecule has 8 nitrogen and oxygen atoms in total. The molecule has 4 heterocycles. The maximum absolute atomic E-state index is 13.0. The highest BCUT2D eigenvalue weighted by Crippen LogP contribution is 2.40. The van der Waals surface area contributed by atoms with Gasteiger partial charge in [-0.1, -0.05) is 46.4 Å². The van der Waals surface area contributed by atoms with Crippen molar-refractivity contribution < 1.29 is 14.7 Å². The Morgan fingerprint density at radius 1 is 0.804 bits per heavy atom. The van der Waals surface area contributed by atoms with Crippen molar-refractivity contribution in [2.24, 2.45) is 0 Å². The maximum Gasteiger partial charge on any atom is 0.180 e. The summed E-state index contributed by atoms with van der Waals surface area (Å²) in [5, 5.41) is 28.9. The van der Waals surface area contributed by atoms with Crippen molar-refractivity contribution in [2.45, 2.75) is 58.2 Å². The number of rotatable bonds is 6. The molecule has 2 fully saturated rings. The number of ketones is 2. The van der Waals surface area contributed by atoms with Crippen molar-refractivity contribution in [1.82, 2.24) is 14.0 Å². The number of aromatic nitrogens is 2. The minimum Gasteiger partial charge on any atom is -0.391 e. The van der Waals surface area contributed by atoms with Crippen molar-refractivity contribution in [3.8, 4) is 23.5 Å². The van der Waals surface area contributed by atoms with E-state index in [2.05, 4.69) is 11.0 Å². The van der Waals surface area contributed by atoms with Gasteiger partial charge >= 0.3 is 0 Å². The SMILES string of the molecule is CC(=O)c1c(Cl)c(Cl)n(-c2ccc(C#N)cc2)c1C.Cc1c(C(=O)CN2C3CCC2[C@@H](O)C3)c(Cl)c(Cl)n1-c1ccc(C#N)cc1. The van der Waals surface area contributed by atoms with Gasteiger partial charge in [0, 0.05) is 34.8 Å².